The molecule has 1 amide bonds. The monoisotopic (exact) mass is 694 g/mol. The number of amides is 1. The van der Waals surface area contributed by atoms with Crippen LogP contribution >= 0.6 is 23.4 Å². The van der Waals surface area contributed by atoms with E-state index in [1.165, 1.54) is 11.8 Å². The average Bonchev–Trinajstić information content (AvgIpc) is 3.46. The lowest BCUT2D eigenvalue weighted by Crippen LogP contribution is -2.33. The highest BCUT2D eigenvalue weighted by Crippen LogP contribution is 2.29. The Hall–Kier alpha value is -3.70. The number of hydrogen-bond acceptors (Lipinski definition) is 9. The predicted octanol–water partition coefficient (Wildman–Crippen LogP) is 8.42. The molecule has 1 fully saturated rings. The lowest BCUT2D eigenvalue weighted by atomic mass is 10.0. The summed E-state index contributed by atoms with van der Waals surface area (Å²) in [7, 11) is 0. The number of unbranched alkanes of at least 4 members (excludes halogenated alkanes) is 2. The number of nitrogens with zero attached hydrogens (tertiary/aromatic N) is 2. The van der Waals surface area contributed by atoms with Gasteiger partial charge in [0.05, 0.1) is 12.5 Å². The Labute approximate surface area is 291 Å². The maximum Gasteiger partial charge on any atom is 0.435 e. The molecule has 3 aromatic carbocycles. The van der Waals surface area contributed by atoms with Crippen molar-refractivity contribution in [3.8, 4) is 5.75 Å². The molecule has 0 spiro atoms. The van der Waals surface area contributed by atoms with Crippen molar-refractivity contribution in [2.24, 2.45) is 5.16 Å². The van der Waals surface area contributed by atoms with Gasteiger partial charge in [-0.3, -0.25) is 14.4 Å². The number of rotatable bonds is 17. The summed E-state index contributed by atoms with van der Waals surface area (Å²) in [5.74, 6) is -0.641. The molecule has 1 aliphatic rings. The van der Waals surface area contributed by atoms with Crippen LogP contribution in [-0.4, -0.2) is 72.3 Å². The van der Waals surface area contributed by atoms with E-state index in [2.05, 4.69) is 19.0 Å². The number of carbonyl (C=O) groups excluding carboxylic acids is 3. The van der Waals surface area contributed by atoms with E-state index in [-0.39, 0.29) is 23.5 Å². The van der Waals surface area contributed by atoms with Crippen LogP contribution in [0.5, 0.6) is 5.75 Å². The number of halogens is 1. The molecule has 1 aliphatic heterocycles. The zero-order valence-corrected chi connectivity index (χ0v) is 29.5. The third kappa shape index (κ3) is 10.9. The molecule has 0 saturated carbocycles. The minimum atomic E-state index is -0.599. The highest BCUT2D eigenvalue weighted by Gasteiger charge is 2.33. The van der Waals surface area contributed by atoms with Gasteiger partial charge in [0, 0.05) is 39.6 Å². The van der Waals surface area contributed by atoms with Crippen molar-refractivity contribution in [2.75, 3.05) is 32.2 Å². The van der Waals surface area contributed by atoms with Gasteiger partial charge < -0.3 is 19.1 Å². The second-order valence-corrected chi connectivity index (χ2v) is 13.2. The summed E-state index contributed by atoms with van der Waals surface area (Å²) in [6.07, 6.45) is 2.89. The van der Waals surface area contributed by atoms with E-state index < -0.39 is 17.7 Å². The molecule has 3 aromatic rings. The molecule has 48 heavy (non-hydrogen) atoms. The first-order chi connectivity index (χ1) is 23.1. The van der Waals surface area contributed by atoms with Gasteiger partial charge in [-0.2, -0.15) is 0 Å². The van der Waals surface area contributed by atoms with Gasteiger partial charge in [0.1, 0.15) is 24.2 Å². The second-order valence-electron chi connectivity index (χ2n) is 11.8. The summed E-state index contributed by atoms with van der Waals surface area (Å²) in [6, 6.07) is 21.4. The highest BCUT2D eigenvalue weighted by atomic mass is 35.5. The summed E-state index contributed by atoms with van der Waals surface area (Å²) >= 11 is 7.50. The van der Waals surface area contributed by atoms with Crippen LogP contribution < -0.4 is 4.74 Å². The molecule has 0 radical (unpaired) electrons. The third-order valence-corrected chi connectivity index (χ3v) is 8.80. The lowest BCUT2D eigenvalue weighted by Gasteiger charge is -2.19. The zero-order valence-electron chi connectivity index (χ0n) is 27.9. The molecule has 256 valence electrons. The van der Waals surface area contributed by atoms with Gasteiger partial charge in [0.2, 0.25) is 5.78 Å². The van der Waals surface area contributed by atoms with Gasteiger partial charge in [-0.1, -0.05) is 43.6 Å². The molecule has 1 saturated heterocycles. The average molecular weight is 695 g/mol. The minimum Gasteiger partial charge on any atom is -0.491 e. The van der Waals surface area contributed by atoms with Crippen LogP contribution in [0, 0.1) is 0 Å². The van der Waals surface area contributed by atoms with E-state index in [4.69, 9.17) is 30.6 Å². The quantitative estimate of drug-likeness (QED) is 0.0456. The Kier molecular flexibility index (Phi) is 14.1. The number of alkyl halides is 1. The van der Waals surface area contributed by atoms with Crippen LogP contribution in [0.15, 0.2) is 87.7 Å². The largest absolute Gasteiger partial charge is 0.491 e. The smallest absolute Gasteiger partial charge is 0.435 e. The van der Waals surface area contributed by atoms with Crippen LogP contribution in [0.1, 0.15) is 79.7 Å². The Bertz CT molecular complexity index is 1540. The number of Topliss-reactive ketones (excluding diaryl/α,β-unsaturated/α-hetero) is 1. The molecule has 4 rings (SSSR count). The molecule has 11 heteroatoms. The molecule has 0 aliphatic carbocycles. The van der Waals surface area contributed by atoms with Gasteiger partial charge in [-0.15, -0.1) is 11.6 Å². The number of carbonyl (C=O) groups is 3. The van der Waals surface area contributed by atoms with E-state index in [0.29, 0.717) is 48.7 Å². The third-order valence-electron chi connectivity index (χ3n) is 7.53. The highest BCUT2D eigenvalue weighted by molar-refractivity contribution is 7.99. The van der Waals surface area contributed by atoms with Crippen LogP contribution in [-0.2, 0) is 14.3 Å². The topological polar surface area (TPSA) is 104 Å². The van der Waals surface area contributed by atoms with E-state index in [1.807, 2.05) is 38.1 Å². The van der Waals surface area contributed by atoms with Gasteiger partial charge in [-0.25, -0.2) is 4.79 Å². The summed E-state index contributed by atoms with van der Waals surface area (Å²) < 4.78 is 17.1. The maximum absolute atomic E-state index is 13.1. The van der Waals surface area contributed by atoms with Gasteiger partial charge in [0.15, 0.2) is 11.6 Å². The van der Waals surface area contributed by atoms with E-state index in [9.17, 15) is 14.4 Å². The molecular formula is C37H43ClN2O7S. The van der Waals surface area contributed by atoms with Gasteiger partial charge in [-0.05, 0) is 99.5 Å². The van der Waals surface area contributed by atoms with Crippen LogP contribution in [0.2, 0.25) is 0 Å². The Morgan fingerprint density at radius 3 is 1.92 bits per heavy atom. The number of hydrogen-bond donors (Lipinski definition) is 0. The molecule has 0 bridgehead atoms. The molecule has 0 N–H and O–H groups in total. The van der Waals surface area contributed by atoms with Crippen molar-refractivity contribution >= 4 is 46.7 Å². The molecule has 1 heterocycles. The van der Waals surface area contributed by atoms with E-state index >= 15 is 0 Å². The maximum atomic E-state index is 13.1. The zero-order chi connectivity index (χ0) is 34.5. The summed E-state index contributed by atoms with van der Waals surface area (Å²) in [5, 5.41) is 3.82. The van der Waals surface area contributed by atoms with E-state index in [1.54, 1.807) is 53.4 Å². The Balaban J connectivity index is 1.29. The fourth-order valence-electron chi connectivity index (χ4n) is 4.83. The van der Waals surface area contributed by atoms with Gasteiger partial charge in [0.25, 0.3) is 0 Å². The van der Waals surface area contributed by atoms with E-state index in [0.717, 1.165) is 35.5 Å². The second kappa shape index (κ2) is 18.2. The van der Waals surface area contributed by atoms with Crippen molar-refractivity contribution in [1.82, 2.24) is 4.90 Å². The predicted molar refractivity (Wildman–Crippen MR) is 188 cm³/mol. The number of ketones is 2. The summed E-state index contributed by atoms with van der Waals surface area (Å²) in [4.78, 5) is 47.3. The Morgan fingerprint density at radius 1 is 0.875 bits per heavy atom. The summed E-state index contributed by atoms with van der Waals surface area (Å²) in [6.45, 7) is 9.84. The first-order valence-electron chi connectivity index (χ1n) is 16.2. The molecular weight excluding hydrogens is 652 g/mol. The lowest BCUT2D eigenvalue weighted by molar-refractivity contribution is -0.141. The number of oxime groups is 1. The fraction of sp³-hybridized carbons (Fsp3) is 0.405. The van der Waals surface area contributed by atoms with Crippen molar-refractivity contribution in [1.29, 1.82) is 0 Å². The minimum absolute atomic E-state index is 0.0447. The number of benzene rings is 3. The van der Waals surface area contributed by atoms with Gasteiger partial charge >= 0.3 is 6.09 Å². The van der Waals surface area contributed by atoms with Crippen molar-refractivity contribution in [2.45, 2.75) is 75.1 Å². The normalized spacial score (nSPS) is 15.6. The first kappa shape index (κ1) is 37.1. The summed E-state index contributed by atoms with van der Waals surface area (Å²) in [5.41, 5.74) is 1.46. The number of ether oxygens (including phenoxy) is 3. The van der Waals surface area contributed by atoms with Crippen LogP contribution in [0.3, 0.4) is 0 Å². The first-order valence-corrected chi connectivity index (χ1v) is 17.6. The SMILES string of the molecule is CCCCN(CCCC)C(=O)O/N=C(\CCl)C(=O)c1ccc(Sc2ccc(C(=O)c3ccc(OCC4COC(C)(C)O4)cc3)cc2)cc1. The van der Waals surface area contributed by atoms with Crippen molar-refractivity contribution < 1.29 is 33.4 Å². The Morgan fingerprint density at radius 2 is 1.42 bits per heavy atom. The van der Waals surface area contributed by atoms with Crippen LogP contribution in [0.25, 0.3) is 0 Å². The van der Waals surface area contributed by atoms with Crippen molar-refractivity contribution in [3.63, 3.8) is 0 Å². The van der Waals surface area contributed by atoms with Crippen LogP contribution in [0.4, 0.5) is 4.79 Å². The fourth-order valence-corrected chi connectivity index (χ4v) is 5.81. The molecule has 1 atom stereocenters. The van der Waals surface area contributed by atoms with Crippen molar-refractivity contribution in [3.05, 3.63) is 89.5 Å². The molecule has 9 nitrogen and oxygen atoms in total. The standard InChI is InChI=1S/C37H43ClN2O7S/c1-5-7-21-40(22-8-6-2)36(43)47-39-33(23-38)35(42)28-13-19-32(20-14-28)48-31-17-11-27(12-18-31)34(41)26-9-15-29(16-10-26)44-24-30-25-45-37(3,4)46-30/h9-20,30H,5-8,21-25H2,1-4H3/b39-33+. The molecule has 0 aromatic heterocycles. The molecule has 1 unspecified atom stereocenters.